The van der Waals surface area contributed by atoms with Gasteiger partial charge in [-0.2, -0.15) is 0 Å². The van der Waals surface area contributed by atoms with Crippen LogP contribution in [-0.2, 0) is 20.7 Å². The molecule has 0 unspecified atom stereocenters. The number of hydrogen-bond acceptors (Lipinski definition) is 3. The second kappa shape index (κ2) is 10.2. The molecule has 2 fully saturated rings. The largest absolute Gasteiger partial charge is 0.480 e. The lowest BCUT2D eigenvalue weighted by Crippen LogP contribution is -2.58. The molecule has 5 nitrogen and oxygen atoms in total. The fraction of sp³-hybridized carbons (Fsp3) is 0.286. The van der Waals surface area contributed by atoms with Crippen molar-refractivity contribution >= 4 is 35.1 Å². The Bertz CT molecular complexity index is 1260. The van der Waals surface area contributed by atoms with Crippen LogP contribution in [0.1, 0.15) is 41.7 Å². The van der Waals surface area contributed by atoms with Gasteiger partial charge in [-0.05, 0) is 71.8 Å². The molecule has 186 valence electrons. The van der Waals surface area contributed by atoms with Gasteiger partial charge >= 0.3 is 5.97 Å². The van der Waals surface area contributed by atoms with Crippen molar-refractivity contribution in [2.24, 2.45) is 5.92 Å². The molecule has 1 saturated heterocycles. The third kappa shape index (κ3) is 5.12. The number of amides is 1. The highest BCUT2D eigenvalue weighted by Crippen LogP contribution is 2.48. The first-order valence-corrected chi connectivity index (χ1v) is 12.5. The van der Waals surface area contributed by atoms with E-state index in [1.807, 2.05) is 6.07 Å². The minimum atomic E-state index is -1.04. The summed E-state index contributed by atoms with van der Waals surface area (Å²) in [7, 11) is 0. The highest BCUT2D eigenvalue weighted by molar-refractivity contribution is 6.30. The number of rotatable bonds is 7. The smallest absolute Gasteiger partial charge is 0.326 e. The van der Waals surface area contributed by atoms with Crippen molar-refractivity contribution in [3.8, 4) is 0 Å². The maximum absolute atomic E-state index is 14.0. The number of hydrogen-bond donors (Lipinski definition) is 1. The Morgan fingerprint density at radius 3 is 2.31 bits per heavy atom. The molecule has 1 aliphatic heterocycles. The normalized spacial score (nSPS) is 22.9. The quantitative estimate of drug-likeness (QED) is 0.394. The Kier molecular flexibility index (Phi) is 7.02. The Labute approximate surface area is 218 Å². The first kappa shape index (κ1) is 24.8. The van der Waals surface area contributed by atoms with Gasteiger partial charge in [0.05, 0.1) is 6.04 Å². The number of aliphatic carboxylic acids is 1. The van der Waals surface area contributed by atoms with Crippen LogP contribution in [0.15, 0.2) is 72.8 Å². The molecule has 8 heteroatoms. The Balaban J connectivity index is 1.63. The number of carboxylic acids is 1. The van der Waals surface area contributed by atoms with Crippen LogP contribution in [0.3, 0.4) is 0 Å². The molecule has 0 bridgehead atoms. The summed E-state index contributed by atoms with van der Waals surface area (Å²) in [6.07, 6.45) is 0.00717. The van der Waals surface area contributed by atoms with E-state index in [4.69, 9.17) is 27.9 Å². The number of halogens is 3. The van der Waals surface area contributed by atoms with Gasteiger partial charge < -0.3 is 14.7 Å². The van der Waals surface area contributed by atoms with Crippen LogP contribution < -0.4 is 0 Å². The first-order chi connectivity index (χ1) is 17.3. The van der Waals surface area contributed by atoms with Gasteiger partial charge in [-0.25, -0.2) is 9.18 Å². The van der Waals surface area contributed by atoms with Gasteiger partial charge in [0.2, 0.25) is 0 Å². The minimum Gasteiger partial charge on any atom is -0.480 e. The van der Waals surface area contributed by atoms with Gasteiger partial charge in [-0.3, -0.25) is 4.79 Å². The van der Waals surface area contributed by atoms with E-state index >= 15 is 0 Å². The van der Waals surface area contributed by atoms with Crippen molar-refractivity contribution in [2.45, 2.75) is 43.6 Å². The molecule has 0 spiro atoms. The second-order valence-electron chi connectivity index (χ2n) is 9.29. The fourth-order valence-electron chi connectivity index (χ4n) is 4.94. The third-order valence-corrected chi connectivity index (χ3v) is 7.26. The monoisotopic (exact) mass is 527 g/mol. The lowest BCUT2D eigenvalue weighted by Gasteiger charge is -2.47. The van der Waals surface area contributed by atoms with Crippen LogP contribution in [0.5, 0.6) is 0 Å². The summed E-state index contributed by atoms with van der Waals surface area (Å²) in [4.78, 5) is 28.0. The van der Waals surface area contributed by atoms with Crippen LogP contribution in [0, 0.1) is 11.7 Å². The van der Waals surface area contributed by atoms with E-state index in [0.717, 1.165) is 18.4 Å². The van der Waals surface area contributed by atoms with Gasteiger partial charge in [0.1, 0.15) is 24.1 Å². The van der Waals surface area contributed by atoms with Gasteiger partial charge in [0.15, 0.2) is 0 Å². The van der Waals surface area contributed by atoms with Crippen molar-refractivity contribution in [1.29, 1.82) is 0 Å². The van der Waals surface area contributed by atoms with Gasteiger partial charge in [-0.1, -0.05) is 59.6 Å². The van der Waals surface area contributed by atoms with E-state index in [1.54, 1.807) is 54.6 Å². The molecule has 3 aromatic carbocycles. The van der Waals surface area contributed by atoms with Crippen LogP contribution in [-0.4, -0.2) is 34.0 Å². The van der Waals surface area contributed by atoms with E-state index in [2.05, 4.69) is 0 Å². The van der Waals surface area contributed by atoms with E-state index in [9.17, 15) is 19.1 Å². The SMILES string of the molecule is O=C(O)[C@H](C1CC1)N1C(=O)[C@@H](Cc2ccc(F)cc2)O[C@H](c2cccc(Cl)c2)[C@@H]1c1ccc(Cl)cc1. The average Bonchev–Trinajstić information content (AvgIpc) is 3.68. The summed E-state index contributed by atoms with van der Waals surface area (Å²) in [5.41, 5.74) is 2.15. The summed E-state index contributed by atoms with van der Waals surface area (Å²) in [6, 6.07) is 18.3. The minimum absolute atomic E-state index is 0.133. The summed E-state index contributed by atoms with van der Waals surface area (Å²) in [6.45, 7) is 0. The van der Waals surface area contributed by atoms with E-state index < -0.39 is 36.2 Å². The molecule has 0 aromatic heterocycles. The van der Waals surface area contributed by atoms with Gasteiger partial charge in [-0.15, -0.1) is 0 Å². The molecule has 0 radical (unpaired) electrons. The molecule has 4 atom stereocenters. The van der Waals surface area contributed by atoms with Crippen LogP contribution >= 0.6 is 23.2 Å². The van der Waals surface area contributed by atoms with E-state index in [-0.39, 0.29) is 18.2 Å². The molecule has 1 N–H and O–H groups in total. The van der Waals surface area contributed by atoms with Crippen molar-refractivity contribution in [2.75, 3.05) is 0 Å². The standard InChI is InChI=1S/C28H24Cl2FNO4/c29-20-10-8-17(9-11-20)24-26(19-2-1-3-21(30)15-19)36-23(14-16-4-12-22(31)13-5-16)27(33)32(24)25(28(34)35)18-6-7-18/h1-5,8-13,15,18,23-26H,6-7,14H2,(H,34,35)/t23-,24+,25+,26-/m1/s1. The van der Waals surface area contributed by atoms with Crippen molar-refractivity contribution < 1.29 is 23.8 Å². The fourth-order valence-corrected chi connectivity index (χ4v) is 5.26. The molecule has 1 heterocycles. The summed E-state index contributed by atoms with van der Waals surface area (Å²) in [5.74, 6) is -1.96. The highest BCUT2D eigenvalue weighted by Gasteiger charge is 2.52. The molecule has 3 aromatic rings. The van der Waals surface area contributed by atoms with Crippen LogP contribution in [0.25, 0.3) is 0 Å². The van der Waals surface area contributed by atoms with E-state index in [1.165, 1.54) is 17.0 Å². The topological polar surface area (TPSA) is 66.8 Å². The number of benzene rings is 3. The first-order valence-electron chi connectivity index (χ1n) is 11.8. The lowest BCUT2D eigenvalue weighted by atomic mass is 9.88. The molecule has 2 aliphatic rings. The second-order valence-corrected chi connectivity index (χ2v) is 10.2. The average molecular weight is 528 g/mol. The molecular weight excluding hydrogens is 504 g/mol. The maximum atomic E-state index is 14.0. The Hall–Kier alpha value is -2.93. The molecule has 1 amide bonds. The summed E-state index contributed by atoms with van der Waals surface area (Å²) >= 11 is 12.5. The molecule has 1 aliphatic carbocycles. The van der Waals surface area contributed by atoms with Crippen LogP contribution in [0.2, 0.25) is 10.0 Å². The van der Waals surface area contributed by atoms with Gasteiger partial charge in [0, 0.05) is 16.5 Å². The van der Waals surface area contributed by atoms with Crippen molar-refractivity contribution in [3.63, 3.8) is 0 Å². The zero-order chi connectivity index (χ0) is 25.4. The Morgan fingerprint density at radius 2 is 1.69 bits per heavy atom. The Morgan fingerprint density at radius 1 is 1.00 bits per heavy atom. The number of carbonyl (C=O) groups excluding carboxylic acids is 1. The van der Waals surface area contributed by atoms with Gasteiger partial charge in [0.25, 0.3) is 5.91 Å². The van der Waals surface area contributed by atoms with Crippen LogP contribution in [0.4, 0.5) is 4.39 Å². The maximum Gasteiger partial charge on any atom is 0.326 e. The number of nitrogens with zero attached hydrogens (tertiary/aromatic N) is 1. The third-order valence-electron chi connectivity index (χ3n) is 6.77. The summed E-state index contributed by atoms with van der Waals surface area (Å²) < 4.78 is 20.0. The van der Waals surface area contributed by atoms with Crippen molar-refractivity contribution in [3.05, 3.63) is 105 Å². The number of carboxylic acid groups (broad SMARTS) is 1. The number of carbonyl (C=O) groups is 2. The predicted molar refractivity (Wildman–Crippen MR) is 134 cm³/mol. The zero-order valence-corrected chi connectivity index (χ0v) is 20.7. The number of ether oxygens (including phenoxy) is 1. The zero-order valence-electron chi connectivity index (χ0n) is 19.2. The van der Waals surface area contributed by atoms with E-state index in [0.29, 0.717) is 21.2 Å². The molecule has 5 rings (SSSR count). The lowest BCUT2D eigenvalue weighted by molar-refractivity contribution is -0.185. The van der Waals surface area contributed by atoms with Crippen molar-refractivity contribution in [1.82, 2.24) is 4.90 Å². The summed E-state index contributed by atoms with van der Waals surface area (Å²) in [5, 5.41) is 11.3. The number of morpholine rings is 1. The molecule has 1 saturated carbocycles. The molecule has 36 heavy (non-hydrogen) atoms. The predicted octanol–water partition coefficient (Wildman–Crippen LogP) is 6.25. The molecular formula is C28H24Cl2FNO4. The highest BCUT2D eigenvalue weighted by atomic mass is 35.5.